The number of pyridine rings is 1. The second-order valence-corrected chi connectivity index (χ2v) is 9.59. The Bertz CT molecular complexity index is 1430. The summed E-state index contributed by atoms with van der Waals surface area (Å²) in [6.45, 7) is 2.01. The van der Waals surface area contributed by atoms with Crippen LogP contribution in [0.15, 0.2) is 36.7 Å². The van der Waals surface area contributed by atoms with E-state index in [0.29, 0.717) is 27.1 Å². The molecule has 2 unspecified atom stereocenters. The van der Waals surface area contributed by atoms with Crippen molar-refractivity contribution >= 4 is 56.8 Å². The molecule has 2 atom stereocenters. The molecule has 1 aromatic carbocycles. The van der Waals surface area contributed by atoms with Gasteiger partial charge in [-0.3, -0.25) is 14.5 Å². The fraction of sp³-hybridized carbons (Fsp3) is 0.261. The molecule has 2 aromatic heterocycles. The first-order valence-electron chi connectivity index (χ1n) is 10.4. The van der Waals surface area contributed by atoms with Gasteiger partial charge in [0.1, 0.15) is 16.6 Å². The largest absolute Gasteiger partial charge is 0.332 e. The van der Waals surface area contributed by atoms with Gasteiger partial charge in [-0.25, -0.2) is 14.1 Å². The molecule has 0 spiro atoms. The second-order valence-electron chi connectivity index (χ2n) is 8.00. The zero-order valence-corrected chi connectivity index (χ0v) is 19.8. The van der Waals surface area contributed by atoms with Crippen molar-refractivity contribution in [3.05, 3.63) is 58.8 Å². The zero-order valence-electron chi connectivity index (χ0n) is 18.2. The summed E-state index contributed by atoms with van der Waals surface area (Å²) in [4.78, 5) is 34.9. The van der Waals surface area contributed by atoms with Gasteiger partial charge in [-0.15, -0.1) is 11.8 Å². The lowest BCUT2D eigenvalue weighted by Crippen LogP contribution is -2.62. The molecule has 0 N–H and O–H groups in total. The van der Waals surface area contributed by atoms with Gasteiger partial charge in [0, 0.05) is 29.8 Å². The number of nitrogens with zero attached hydrogens (tertiary/aromatic N) is 6. The van der Waals surface area contributed by atoms with Crippen molar-refractivity contribution in [3.8, 4) is 6.07 Å². The number of thioether (sulfide) groups is 1. The predicted molar refractivity (Wildman–Crippen MR) is 128 cm³/mol. The summed E-state index contributed by atoms with van der Waals surface area (Å²) in [6.07, 6.45) is 4.98. The molecule has 8 nitrogen and oxygen atoms in total. The highest BCUT2D eigenvalue weighted by Crippen LogP contribution is 2.47. The minimum atomic E-state index is -0.653. The molecule has 1 saturated heterocycles. The number of benzene rings is 1. The normalized spacial score (nSPS) is 20.0. The van der Waals surface area contributed by atoms with Crippen molar-refractivity contribution in [1.29, 1.82) is 5.26 Å². The van der Waals surface area contributed by atoms with Crippen LogP contribution >= 0.6 is 23.4 Å². The first-order valence-corrected chi connectivity index (χ1v) is 11.7. The fourth-order valence-corrected chi connectivity index (χ4v) is 6.04. The van der Waals surface area contributed by atoms with Crippen LogP contribution in [-0.2, 0) is 11.8 Å². The lowest BCUT2D eigenvalue weighted by Gasteiger charge is -2.40. The number of hydrogen-bond donors (Lipinski definition) is 0. The van der Waals surface area contributed by atoms with E-state index >= 15 is 0 Å². The number of hydrogen-bond acceptors (Lipinski definition) is 6. The van der Waals surface area contributed by atoms with Crippen molar-refractivity contribution in [2.24, 2.45) is 7.05 Å². The Labute approximate surface area is 203 Å². The van der Waals surface area contributed by atoms with Crippen LogP contribution < -0.4 is 4.90 Å². The van der Waals surface area contributed by atoms with Crippen LogP contribution in [0.25, 0.3) is 15.8 Å². The number of imide groups is 1. The monoisotopic (exact) mass is 496 g/mol. The van der Waals surface area contributed by atoms with Crippen molar-refractivity contribution in [2.45, 2.75) is 24.6 Å². The van der Waals surface area contributed by atoms with E-state index in [1.54, 1.807) is 30.1 Å². The number of aryl methyl sites for hydroxylation is 2. The molecule has 11 heteroatoms. The Morgan fingerprint density at radius 3 is 2.82 bits per heavy atom. The van der Waals surface area contributed by atoms with Crippen molar-refractivity contribution in [1.82, 2.24) is 19.7 Å². The van der Waals surface area contributed by atoms with Gasteiger partial charge in [0.2, 0.25) is 0 Å². The summed E-state index contributed by atoms with van der Waals surface area (Å²) in [6, 6.07) is 5.05. The van der Waals surface area contributed by atoms with Crippen LogP contribution in [-0.4, -0.2) is 49.4 Å². The number of urea groups is 1. The minimum absolute atomic E-state index is 0.108. The van der Waals surface area contributed by atoms with Gasteiger partial charge >= 0.3 is 6.03 Å². The van der Waals surface area contributed by atoms with Crippen molar-refractivity contribution in [3.63, 3.8) is 0 Å². The van der Waals surface area contributed by atoms with Gasteiger partial charge in [0.25, 0.3) is 5.91 Å². The molecule has 3 aromatic rings. The van der Waals surface area contributed by atoms with Crippen LogP contribution in [0.4, 0.5) is 14.9 Å². The van der Waals surface area contributed by atoms with E-state index in [1.807, 2.05) is 6.92 Å². The van der Waals surface area contributed by atoms with E-state index in [2.05, 4.69) is 16.2 Å². The smallest absolute Gasteiger partial charge is 0.315 e. The third-order valence-corrected chi connectivity index (χ3v) is 7.72. The van der Waals surface area contributed by atoms with E-state index < -0.39 is 29.0 Å². The summed E-state index contributed by atoms with van der Waals surface area (Å²) in [5, 5.41) is 13.8. The van der Waals surface area contributed by atoms with Crippen LogP contribution in [0.5, 0.6) is 0 Å². The fourth-order valence-electron chi connectivity index (χ4n) is 4.35. The average Bonchev–Trinajstić information content (AvgIpc) is 3.36. The van der Waals surface area contributed by atoms with Crippen LogP contribution in [0.3, 0.4) is 0 Å². The van der Waals surface area contributed by atoms with E-state index in [0.717, 1.165) is 10.6 Å². The van der Waals surface area contributed by atoms with E-state index in [1.165, 1.54) is 35.0 Å². The third-order valence-electron chi connectivity index (χ3n) is 6.06. The molecule has 3 amide bonds. The number of rotatable bonds is 4. The summed E-state index contributed by atoms with van der Waals surface area (Å²) in [7, 11) is 1.78. The SMILES string of the molecule is Cc1c2c(N3C(=O)C4SC(c5ccc(F)cc5Cl)=CC4N(CCC#N)C3=O)cncc2nn1C. The molecule has 4 heterocycles. The molecule has 2 aliphatic rings. The molecule has 2 aliphatic heterocycles. The Balaban J connectivity index is 1.60. The number of aromatic nitrogens is 3. The summed E-state index contributed by atoms with van der Waals surface area (Å²) in [5.74, 6) is -0.856. The van der Waals surface area contributed by atoms with Crippen LogP contribution in [0.1, 0.15) is 17.7 Å². The molecule has 0 bridgehead atoms. The molecule has 34 heavy (non-hydrogen) atoms. The topological polar surface area (TPSA) is 95.1 Å². The number of amides is 3. The number of carbonyl (C=O) groups is 2. The molecule has 172 valence electrons. The highest BCUT2D eigenvalue weighted by atomic mass is 35.5. The number of carbonyl (C=O) groups excluding carboxylic acids is 2. The molecule has 1 fully saturated rings. The van der Waals surface area contributed by atoms with Crippen molar-refractivity contribution in [2.75, 3.05) is 11.4 Å². The maximum Gasteiger partial charge on any atom is 0.332 e. The summed E-state index contributed by atoms with van der Waals surface area (Å²) in [5.41, 5.74) is 2.29. The number of fused-ring (bicyclic) bond motifs is 2. The average molecular weight is 497 g/mol. The van der Waals surface area contributed by atoms with E-state index in [-0.39, 0.29) is 18.0 Å². The molecule has 5 rings (SSSR count). The first kappa shape index (κ1) is 22.4. The van der Waals surface area contributed by atoms with Gasteiger partial charge in [-0.05, 0) is 31.2 Å². The summed E-state index contributed by atoms with van der Waals surface area (Å²) < 4.78 is 15.3. The lowest BCUT2D eigenvalue weighted by atomic mass is 10.0. The van der Waals surface area contributed by atoms with Gasteiger partial charge in [0.05, 0.1) is 47.0 Å². The Morgan fingerprint density at radius 2 is 2.09 bits per heavy atom. The Hall–Kier alpha value is -3.42. The van der Waals surface area contributed by atoms with Crippen LogP contribution in [0, 0.1) is 24.1 Å². The summed E-state index contributed by atoms with van der Waals surface area (Å²) >= 11 is 7.54. The van der Waals surface area contributed by atoms with Gasteiger partial charge < -0.3 is 4.90 Å². The number of nitriles is 1. The van der Waals surface area contributed by atoms with E-state index in [9.17, 15) is 14.0 Å². The highest BCUT2D eigenvalue weighted by molar-refractivity contribution is 8.09. The van der Waals surface area contributed by atoms with Crippen LogP contribution in [0.2, 0.25) is 5.02 Å². The van der Waals surface area contributed by atoms with Gasteiger partial charge in [-0.2, -0.15) is 10.4 Å². The maximum atomic E-state index is 13.7. The van der Waals surface area contributed by atoms with Crippen molar-refractivity contribution < 1.29 is 14.0 Å². The standard InChI is InChI=1S/C23H18ClFN6O2S/c1-12-20-16(28-29(12)2)10-27-11-18(20)31-22(32)21-17(30(23(31)33)7-3-6-26)9-19(34-21)14-5-4-13(25)8-15(14)24/h4-5,8-11,17,21H,3,7H2,1-2H3. The highest BCUT2D eigenvalue weighted by Gasteiger charge is 2.50. The first-order chi connectivity index (χ1) is 16.3. The Morgan fingerprint density at radius 1 is 1.29 bits per heavy atom. The second kappa shape index (κ2) is 8.42. The molecule has 0 radical (unpaired) electrons. The van der Waals surface area contributed by atoms with Gasteiger partial charge in [0.15, 0.2) is 0 Å². The lowest BCUT2D eigenvalue weighted by molar-refractivity contribution is -0.119. The number of anilines is 1. The Kier molecular flexibility index (Phi) is 5.54. The molecular weight excluding hydrogens is 479 g/mol. The molecule has 0 saturated carbocycles. The molecule has 0 aliphatic carbocycles. The van der Waals surface area contributed by atoms with Gasteiger partial charge in [-0.1, -0.05) is 11.6 Å². The quantitative estimate of drug-likeness (QED) is 0.535. The maximum absolute atomic E-state index is 13.7. The minimum Gasteiger partial charge on any atom is -0.315 e. The third kappa shape index (κ3) is 3.43. The van der Waals surface area contributed by atoms with E-state index in [4.69, 9.17) is 16.9 Å². The molecular formula is C23H18ClFN6O2S. The number of halogens is 2. The predicted octanol–water partition coefficient (Wildman–Crippen LogP) is 4.28. The zero-order chi connectivity index (χ0) is 24.1.